The first-order chi connectivity index (χ1) is 10.2. The summed E-state index contributed by atoms with van der Waals surface area (Å²) in [5.74, 6) is -0.306. The van der Waals surface area contributed by atoms with E-state index in [0.29, 0.717) is 17.7 Å². The first-order valence-corrected chi connectivity index (χ1v) is 7.85. The molecule has 1 aromatic rings. The van der Waals surface area contributed by atoms with Gasteiger partial charge in [0.1, 0.15) is 5.69 Å². The third-order valence-electron chi connectivity index (χ3n) is 4.66. The van der Waals surface area contributed by atoms with E-state index in [1.807, 2.05) is 6.92 Å². The van der Waals surface area contributed by atoms with Crippen molar-refractivity contribution in [3.8, 4) is 0 Å². The zero-order chi connectivity index (χ0) is 14.7. The van der Waals surface area contributed by atoms with Gasteiger partial charge in [-0.1, -0.05) is 0 Å². The molecule has 1 atom stereocenters. The number of H-pyrrole nitrogens is 1. The van der Waals surface area contributed by atoms with Crippen molar-refractivity contribution in [3.63, 3.8) is 0 Å². The van der Waals surface area contributed by atoms with E-state index in [0.717, 1.165) is 38.3 Å². The number of hydrogen-bond donors (Lipinski definition) is 2. The molecule has 2 fully saturated rings. The SMILES string of the molecule is CCOC(=O)c1[nH]ncc1CN1CCCC2(CCNC2)C1. The molecule has 1 unspecified atom stereocenters. The number of rotatable bonds is 4. The highest BCUT2D eigenvalue weighted by molar-refractivity contribution is 5.88. The Bertz CT molecular complexity index is 494. The van der Waals surface area contributed by atoms with E-state index in [1.54, 1.807) is 6.20 Å². The van der Waals surface area contributed by atoms with Gasteiger partial charge in [0.2, 0.25) is 0 Å². The van der Waals surface area contributed by atoms with Gasteiger partial charge in [-0.25, -0.2) is 4.79 Å². The van der Waals surface area contributed by atoms with Gasteiger partial charge in [-0.05, 0) is 44.7 Å². The number of esters is 1. The maximum Gasteiger partial charge on any atom is 0.356 e. The summed E-state index contributed by atoms with van der Waals surface area (Å²) in [6.45, 7) is 7.42. The molecule has 2 N–H and O–H groups in total. The van der Waals surface area contributed by atoms with Crippen molar-refractivity contribution in [1.82, 2.24) is 20.4 Å². The standard InChI is InChI=1S/C15H24N4O2/c1-2-21-14(20)13-12(8-17-18-13)9-19-7-3-4-15(11-19)5-6-16-10-15/h8,16H,2-7,9-11H2,1H3,(H,17,18). The Hall–Kier alpha value is -1.40. The van der Waals surface area contributed by atoms with Crippen LogP contribution >= 0.6 is 0 Å². The van der Waals surface area contributed by atoms with Gasteiger partial charge in [0, 0.05) is 25.2 Å². The smallest absolute Gasteiger partial charge is 0.356 e. The minimum atomic E-state index is -0.306. The lowest BCUT2D eigenvalue weighted by Gasteiger charge is -2.40. The summed E-state index contributed by atoms with van der Waals surface area (Å²) >= 11 is 0. The molecule has 0 bridgehead atoms. The third kappa shape index (κ3) is 3.11. The lowest BCUT2D eigenvalue weighted by atomic mass is 9.79. The first-order valence-electron chi connectivity index (χ1n) is 7.85. The van der Waals surface area contributed by atoms with Gasteiger partial charge in [-0.15, -0.1) is 0 Å². The van der Waals surface area contributed by atoms with Gasteiger partial charge in [-0.3, -0.25) is 10.00 Å². The predicted molar refractivity (Wildman–Crippen MR) is 79.0 cm³/mol. The minimum Gasteiger partial charge on any atom is -0.461 e. The molecule has 2 aliphatic rings. The fourth-order valence-electron chi connectivity index (χ4n) is 3.64. The number of likely N-dealkylation sites (tertiary alicyclic amines) is 1. The third-order valence-corrected chi connectivity index (χ3v) is 4.66. The van der Waals surface area contributed by atoms with Crippen molar-refractivity contribution in [1.29, 1.82) is 0 Å². The molecule has 3 rings (SSSR count). The number of aromatic nitrogens is 2. The van der Waals surface area contributed by atoms with Gasteiger partial charge >= 0.3 is 5.97 Å². The van der Waals surface area contributed by atoms with E-state index >= 15 is 0 Å². The highest BCUT2D eigenvalue weighted by Crippen LogP contribution is 2.36. The summed E-state index contributed by atoms with van der Waals surface area (Å²) in [5.41, 5.74) is 1.88. The predicted octanol–water partition coefficient (Wildman–Crippen LogP) is 1.16. The van der Waals surface area contributed by atoms with Crippen molar-refractivity contribution in [3.05, 3.63) is 17.5 Å². The number of nitrogens with zero attached hydrogens (tertiary/aromatic N) is 2. The molecule has 0 saturated carbocycles. The second-order valence-electron chi connectivity index (χ2n) is 6.23. The molecule has 1 spiro atoms. The Labute approximate surface area is 125 Å². The van der Waals surface area contributed by atoms with Gasteiger partial charge in [-0.2, -0.15) is 5.10 Å². The van der Waals surface area contributed by atoms with Crippen LogP contribution in [0.5, 0.6) is 0 Å². The normalized spacial score (nSPS) is 26.3. The summed E-state index contributed by atoms with van der Waals surface area (Å²) in [6.07, 6.45) is 5.56. The summed E-state index contributed by atoms with van der Waals surface area (Å²) in [5, 5.41) is 10.3. The summed E-state index contributed by atoms with van der Waals surface area (Å²) < 4.78 is 5.07. The van der Waals surface area contributed by atoms with Crippen LogP contribution < -0.4 is 5.32 Å². The first kappa shape index (κ1) is 14.5. The molecular weight excluding hydrogens is 268 g/mol. The number of ether oxygens (including phenoxy) is 1. The molecular formula is C15H24N4O2. The van der Waals surface area contributed by atoms with Crippen LogP contribution in [-0.4, -0.2) is 53.9 Å². The highest BCUT2D eigenvalue weighted by Gasteiger charge is 2.38. The van der Waals surface area contributed by atoms with Gasteiger partial charge < -0.3 is 10.1 Å². The van der Waals surface area contributed by atoms with Crippen LogP contribution in [-0.2, 0) is 11.3 Å². The van der Waals surface area contributed by atoms with Gasteiger partial charge in [0.05, 0.1) is 12.8 Å². The van der Waals surface area contributed by atoms with Crippen molar-refractivity contribution in [2.75, 3.05) is 32.8 Å². The van der Waals surface area contributed by atoms with E-state index in [1.165, 1.54) is 19.3 Å². The number of hydrogen-bond acceptors (Lipinski definition) is 5. The summed E-state index contributed by atoms with van der Waals surface area (Å²) in [6, 6.07) is 0. The van der Waals surface area contributed by atoms with E-state index in [2.05, 4.69) is 20.4 Å². The van der Waals surface area contributed by atoms with Crippen LogP contribution in [0.2, 0.25) is 0 Å². The number of aromatic amines is 1. The number of piperidine rings is 1. The lowest BCUT2D eigenvalue weighted by Crippen LogP contribution is -2.44. The van der Waals surface area contributed by atoms with Crippen LogP contribution in [0.25, 0.3) is 0 Å². The van der Waals surface area contributed by atoms with Crippen molar-refractivity contribution in [2.45, 2.75) is 32.7 Å². The highest BCUT2D eigenvalue weighted by atomic mass is 16.5. The van der Waals surface area contributed by atoms with Gasteiger partial charge in [0.15, 0.2) is 0 Å². The molecule has 6 heteroatoms. The maximum absolute atomic E-state index is 11.9. The molecule has 0 aliphatic carbocycles. The largest absolute Gasteiger partial charge is 0.461 e. The molecule has 21 heavy (non-hydrogen) atoms. The fourth-order valence-corrected chi connectivity index (χ4v) is 3.64. The van der Waals surface area contributed by atoms with Crippen molar-refractivity contribution < 1.29 is 9.53 Å². The molecule has 1 aromatic heterocycles. The molecule has 2 saturated heterocycles. The van der Waals surface area contributed by atoms with Crippen LogP contribution in [0.15, 0.2) is 6.20 Å². The van der Waals surface area contributed by atoms with Crippen LogP contribution in [0.1, 0.15) is 42.2 Å². The Morgan fingerprint density at radius 2 is 2.43 bits per heavy atom. The lowest BCUT2D eigenvalue weighted by molar-refractivity contribution is 0.0514. The molecule has 2 aliphatic heterocycles. The average Bonchev–Trinajstić information content (AvgIpc) is 3.09. The second kappa shape index (κ2) is 6.15. The zero-order valence-electron chi connectivity index (χ0n) is 12.7. The van der Waals surface area contributed by atoms with E-state index in [4.69, 9.17) is 4.74 Å². The Kier molecular flexibility index (Phi) is 4.26. The average molecular weight is 292 g/mol. The molecule has 3 heterocycles. The molecule has 116 valence electrons. The molecule has 0 aromatic carbocycles. The van der Waals surface area contributed by atoms with E-state index in [9.17, 15) is 4.79 Å². The van der Waals surface area contributed by atoms with E-state index < -0.39 is 0 Å². The van der Waals surface area contributed by atoms with Gasteiger partial charge in [0.25, 0.3) is 0 Å². The monoisotopic (exact) mass is 292 g/mol. The second-order valence-corrected chi connectivity index (χ2v) is 6.23. The zero-order valence-corrected chi connectivity index (χ0v) is 12.7. The fraction of sp³-hybridized carbons (Fsp3) is 0.733. The maximum atomic E-state index is 11.9. The molecule has 6 nitrogen and oxygen atoms in total. The Balaban J connectivity index is 1.66. The number of carbonyl (C=O) groups is 1. The Morgan fingerprint density at radius 1 is 1.52 bits per heavy atom. The molecule has 0 radical (unpaired) electrons. The van der Waals surface area contributed by atoms with Crippen LogP contribution in [0.3, 0.4) is 0 Å². The summed E-state index contributed by atoms with van der Waals surface area (Å²) in [4.78, 5) is 14.3. The quantitative estimate of drug-likeness (QED) is 0.815. The topological polar surface area (TPSA) is 70.2 Å². The number of carbonyl (C=O) groups excluding carboxylic acids is 1. The van der Waals surface area contributed by atoms with Crippen molar-refractivity contribution >= 4 is 5.97 Å². The summed E-state index contributed by atoms with van der Waals surface area (Å²) in [7, 11) is 0. The number of nitrogens with one attached hydrogen (secondary N) is 2. The Morgan fingerprint density at radius 3 is 3.19 bits per heavy atom. The van der Waals surface area contributed by atoms with Crippen molar-refractivity contribution in [2.24, 2.45) is 5.41 Å². The van der Waals surface area contributed by atoms with Crippen LogP contribution in [0.4, 0.5) is 0 Å². The van der Waals surface area contributed by atoms with E-state index in [-0.39, 0.29) is 5.97 Å². The molecule has 0 amide bonds. The minimum absolute atomic E-state index is 0.306. The van der Waals surface area contributed by atoms with Crippen LogP contribution in [0, 0.1) is 5.41 Å².